The maximum Gasteiger partial charge on any atom is 0.228 e. The number of allylic oxidation sites excluding steroid dienone is 2. The van der Waals surface area contributed by atoms with E-state index in [-0.39, 0.29) is 17.1 Å². The van der Waals surface area contributed by atoms with Crippen molar-refractivity contribution in [1.29, 1.82) is 0 Å². The van der Waals surface area contributed by atoms with Crippen molar-refractivity contribution in [3.8, 4) is 17.5 Å². The SMILES string of the molecule is CC1(C)CC(=O)C2=C(C1)Oc1ncn3nc(-c4ccco4)nc3c1[C@H]2c1ccccc1. The van der Waals surface area contributed by atoms with Crippen LogP contribution in [0.15, 0.2) is 70.8 Å². The second kappa shape index (κ2) is 6.38. The quantitative estimate of drug-likeness (QED) is 0.480. The number of Topliss-reactive ketones (excluding diaryl/α,β-unsaturated/α-hetero) is 1. The first-order chi connectivity index (χ1) is 15.0. The van der Waals surface area contributed by atoms with Gasteiger partial charge in [0.1, 0.15) is 12.1 Å². The Hall–Kier alpha value is -3.74. The van der Waals surface area contributed by atoms with Gasteiger partial charge < -0.3 is 9.15 Å². The summed E-state index contributed by atoms with van der Waals surface area (Å²) < 4.78 is 13.3. The zero-order valence-corrected chi connectivity index (χ0v) is 17.2. The zero-order valence-electron chi connectivity index (χ0n) is 17.2. The van der Waals surface area contributed by atoms with Crippen LogP contribution in [0.4, 0.5) is 0 Å². The smallest absolute Gasteiger partial charge is 0.228 e. The monoisotopic (exact) mass is 412 g/mol. The average molecular weight is 412 g/mol. The van der Waals surface area contributed by atoms with E-state index in [0.29, 0.717) is 47.3 Å². The summed E-state index contributed by atoms with van der Waals surface area (Å²) in [7, 11) is 0. The highest BCUT2D eigenvalue weighted by Crippen LogP contribution is 2.50. The van der Waals surface area contributed by atoms with Gasteiger partial charge in [0.25, 0.3) is 0 Å². The van der Waals surface area contributed by atoms with Gasteiger partial charge in [-0.15, -0.1) is 5.10 Å². The summed E-state index contributed by atoms with van der Waals surface area (Å²) in [5, 5.41) is 4.53. The molecule has 0 fully saturated rings. The summed E-state index contributed by atoms with van der Waals surface area (Å²) in [5.41, 5.74) is 2.92. The Morgan fingerprint density at radius 3 is 2.71 bits per heavy atom. The molecule has 6 rings (SSSR count). The van der Waals surface area contributed by atoms with Crippen LogP contribution in [0.3, 0.4) is 0 Å². The highest BCUT2D eigenvalue weighted by atomic mass is 16.5. The Balaban J connectivity index is 1.62. The van der Waals surface area contributed by atoms with Crippen molar-refractivity contribution in [1.82, 2.24) is 19.6 Å². The maximum absolute atomic E-state index is 13.3. The predicted octanol–water partition coefficient (Wildman–Crippen LogP) is 4.55. The van der Waals surface area contributed by atoms with E-state index < -0.39 is 0 Å². The van der Waals surface area contributed by atoms with Crippen LogP contribution in [0.25, 0.3) is 17.2 Å². The molecule has 31 heavy (non-hydrogen) atoms. The van der Waals surface area contributed by atoms with Gasteiger partial charge in [-0.1, -0.05) is 44.2 Å². The molecule has 0 N–H and O–H groups in total. The Kier molecular flexibility index (Phi) is 3.72. The Labute approximate surface area is 178 Å². The van der Waals surface area contributed by atoms with Gasteiger partial charge in [-0.05, 0) is 23.1 Å². The Morgan fingerprint density at radius 1 is 1.10 bits per heavy atom. The highest BCUT2D eigenvalue weighted by molar-refractivity contribution is 6.00. The van der Waals surface area contributed by atoms with Crippen LogP contribution < -0.4 is 4.74 Å². The summed E-state index contributed by atoms with van der Waals surface area (Å²) >= 11 is 0. The van der Waals surface area contributed by atoms with Crippen LogP contribution in [0.2, 0.25) is 0 Å². The molecule has 1 aliphatic heterocycles. The molecule has 3 aromatic heterocycles. The second-order valence-corrected chi connectivity index (χ2v) is 8.87. The largest absolute Gasteiger partial charge is 0.461 e. The lowest BCUT2D eigenvalue weighted by atomic mass is 9.70. The zero-order chi connectivity index (χ0) is 21.2. The molecule has 2 aliphatic rings. The lowest BCUT2D eigenvalue weighted by molar-refractivity contribution is -0.118. The number of rotatable bonds is 2. The molecule has 1 atom stereocenters. The number of hydrogen-bond acceptors (Lipinski definition) is 6. The molecule has 1 aliphatic carbocycles. The topological polar surface area (TPSA) is 82.5 Å². The fourth-order valence-corrected chi connectivity index (χ4v) is 4.63. The van der Waals surface area contributed by atoms with Crippen molar-refractivity contribution in [2.75, 3.05) is 0 Å². The van der Waals surface area contributed by atoms with Crippen molar-refractivity contribution in [3.05, 3.63) is 77.5 Å². The van der Waals surface area contributed by atoms with Gasteiger partial charge in [-0.2, -0.15) is 0 Å². The number of furan rings is 1. The summed E-state index contributed by atoms with van der Waals surface area (Å²) in [4.78, 5) is 22.6. The minimum Gasteiger partial charge on any atom is -0.461 e. The molecule has 4 aromatic rings. The predicted molar refractivity (Wildman–Crippen MR) is 112 cm³/mol. The number of carbonyl (C=O) groups excluding carboxylic acids is 1. The summed E-state index contributed by atoms with van der Waals surface area (Å²) in [6.07, 6.45) is 4.35. The van der Waals surface area contributed by atoms with E-state index in [9.17, 15) is 4.79 Å². The van der Waals surface area contributed by atoms with Crippen molar-refractivity contribution < 1.29 is 13.9 Å². The fourth-order valence-electron chi connectivity index (χ4n) is 4.63. The number of ether oxygens (including phenoxy) is 1. The molecule has 0 unspecified atom stereocenters. The fraction of sp³-hybridized carbons (Fsp3) is 0.250. The van der Waals surface area contributed by atoms with Crippen LogP contribution in [0.5, 0.6) is 5.88 Å². The number of hydrogen-bond donors (Lipinski definition) is 0. The molecule has 0 spiro atoms. The molecular weight excluding hydrogens is 392 g/mol. The Bertz CT molecular complexity index is 1350. The van der Waals surface area contributed by atoms with Gasteiger partial charge in [-0.25, -0.2) is 14.5 Å². The molecular formula is C24H20N4O3. The third-order valence-corrected chi connectivity index (χ3v) is 5.94. The lowest BCUT2D eigenvalue weighted by Gasteiger charge is -2.37. The van der Waals surface area contributed by atoms with Crippen molar-refractivity contribution in [2.45, 2.75) is 32.6 Å². The first-order valence-electron chi connectivity index (χ1n) is 10.3. The third-order valence-electron chi connectivity index (χ3n) is 5.94. The molecule has 0 radical (unpaired) electrons. The molecule has 7 nitrogen and oxygen atoms in total. The molecule has 0 saturated heterocycles. The van der Waals surface area contributed by atoms with E-state index in [4.69, 9.17) is 14.1 Å². The van der Waals surface area contributed by atoms with Crippen LogP contribution in [-0.2, 0) is 4.79 Å². The molecule has 1 aromatic carbocycles. The lowest BCUT2D eigenvalue weighted by Crippen LogP contribution is -2.33. The molecule has 0 bridgehead atoms. The Morgan fingerprint density at radius 2 is 1.94 bits per heavy atom. The van der Waals surface area contributed by atoms with Gasteiger partial charge in [0.2, 0.25) is 11.7 Å². The summed E-state index contributed by atoms with van der Waals surface area (Å²) in [5.74, 6) is 2.02. The number of nitrogens with zero attached hydrogens (tertiary/aromatic N) is 4. The van der Waals surface area contributed by atoms with E-state index in [2.05, 4.69) is 23.9 Å². The molecule has 0 amide bonds. The van der Waals surface area contributed by atoms with Crippen LogP contribution in [0.1, 0.15) is 43.7 Å². The number of ketones is 1. The van der Waals surface area contributed by atoms with Gasteiger partial charge in [0.05, 0.1) is 11.8 Å². The second-order valence-electron chi connectivity index (χ2n) is 8.87. The van der Waals surface area contributed by atoms with E-state index in [1.54, 1.807) is 23.2 Å². The minimum absolute atomic E-state index is 0.110. The number of fused-ring (bicyclic) bond motifs is 3. The standard InChI is InChI=1S/C24H20N4O3/c1-24(2)11-15(29)19-17(12-24)31-23-20(18(19)14-7-4-3-5-8-14)22-26-21(16-9-6-10-30-16)27-28(22)13-25-23/h3-10,13,18H,11-12H2,1-2H3/t18-/m0/s1. The first kappa shape index (κ1) is 18.1. The molecule has 0 saturated carbocycles. The molecule has 154 valence electrons. The number of benzene rings is 1. The van der Waals surface area contributed by atoms with Crippen LogP contribution in [0, 0.1) is 5.41 Å². The van der Waals surface area contributed by atoms with Gasteiger partial charge in [-0.3, -0.25) is 4.79 Å². The average Bonchev–Trinajstić information content (AvgIpc) is 3.41. The van der Waals surface area contributed by atoms with Gasteiger partial charge in [0.15, 0.2) is 17.2 Å². The van der Waals surface area contributed by atoms with E-state index >= 15 is 0 Å². The van der Waals surface area contributed by atoms with E-state index in [1.165, 1.54) is 0 Å². The number of aromatic nitrogens is 4. The van der Waals surface area contributed by atoms with Crippen molar-refractivity contribution in [3.63, 3.8) is 0 Å². The summed E-state index contributed by atoms with van der Waals surface area (Å²) in [6, 6.07) is 13.6. The number of carbonyl (C=O) groups is 1. The minimum atomic E-state index is -0.312. The molecule has 7 heteroatoms. The van der Waals surface area contributed by atoms with Crippen LogP contribution >= 0.6 is 0 Å². The van der Waals surface area contributed by atoms with Gasteiger partial charge in [0, 0.05) is 24.3 Å². The highest BCUT2D eigenvalue weighted by Gasteiger charge is 2.43. The van der Waals surface area contributed by atoms with Crippen molar-refractivity contribution in [2.24, 2.45) is 5.41 Å². The summed E-state index contributed by atoms with van der Waals surface area (Å²) in [6.45, 7) is 4.19. The van der Waals surface area contributed by atoms with E-state index in [1.807, 2.05) is 36.4 Å². The van der Waals surface area contributed by atoms with Crippen molar-refractivity contribution >= 4 is 11.4 Å². The van der Waals surface area contributed by atoms with Crippen LogP contribution in [-0.4, -0.2) is 25.4 Å². The molecule has 4 heterocycles. The van der Waals surface area contributed by atoms with Gasteiger partial charge >= 0.3 is 0 Å². The maximum atomic E-state index is 13.3. The first-order valence-corrected chi connectivity index (χ1v) is 10.3. The van der Waals surface area contributed by atoms with E-state index in [0.717, 1.165) is 11.1 Å². The third kappa shape index (κ3) is 2.80. The normalized spacial score (nSPS) is 19.8.